The van der Waals surface area contributed by atoms with Crippen LogP contribution in [0.5, 0.6) is 0 Å². The van der Waals surface area contributed by atoms with Crippen LogP contribution in [0.25, 0.3) is 0 Å². The highest BCUT2D eigenvalue weighted by Crippen LogP contribution is 2.12. The first-order chi connectivity index (χ1) is 8.68. The maximum absolute atomic E-state index is 12.2. The molecule has 4 nitrogen and oxygen atoms in total. The molecule has 1 saturated heterocycles. The summed E-state index contributed by atoms with van der Waals surface area (Å²) in [5.74, 6) is 0.0914. The number of likely N-dealkylation sites (N-methyl/N-ethyl adjacent to an activating group) is 1. The van der Waals surface area contributed by atoms with Crippen molar-refractivity contribution < 1.29 is 4.79 Å². The summed E-state index contributed by atoms with van der Waals surface area (Å²) in [7, 11) is 2.09. The second-order valence-electron chi connectivity index (χ2n) is 4.35. The normalized spacial score (nSPS) is 20.0. The second-order valence-corrected chi connectivity index (χ2v) is 4.35. The molecule has 1 aliphatic rings. The van der Waals surface area contributed by atoms with Crippen LogP contribution < -0.4 is 0 Å². The van der Waals surface area contributed by atoms with Crippen molar-refractivity contribution in [3.05, 3.63) is 30.1 Å². The topological polar surface area (TPSA) is 36.4 Å². The zero-order valence-corrected chi connectivity index (χ0v) is 11.8. The smallest absolute Gasteiger partial charge is 0.255 e. The first-order valence-electron chi connectivity index (χ1n) is 6.58. The van der Waals surface area contributed by atoms with E-state index in [9.17, 15) is 4.79 Å². The number of carbonyl (C=O) groups is 1. The third kappa shape index (κ3) is 3.53. The first kappa shape index (κ1) is 14.6. The fraction of sp³-hybridized carbons (Fsp3) is 0.571. The van der Waals surface area contributed by atoms with E-state index in [1.807, 2.05) is 24.8 Å². The van der Waals surface area contributed by atoms with E-state index in [4.69, 9.17) is 0 Å². The van der Waals surface area contributed by atoms with Crippen molar-refractivity contribution in [2.45, 2.75) is 26.8 Å². The Hall–Kier alpha value is -1.42. The van der Waals surface area contributed by atoms with Gasteiger partial charge in [0.15, 0.2) is 0 Å². The lowest BCUT2D eigenvalue weighted by molar-refractivity contribution is 0.0533. The SMILES string of the molecule is CC.CC1CN(C)CCN1C(=O)c1cccnc1. The van der Waals surface area contributed by atoms with E-state index < -0.39 is 0 Å². The molecular formula is C14H23N3O. The van der Waals surface area contributed by atoms with Gasteiger partial charge in [0, 0.05) is 38.1 Å². The van der Waals surface area contributed by atoms with Crippen LogP contribution in [0, 0.1) is 0 Å². The molecule has 4 heteroatoms. The van der Waals surface area contributed by atoms with Gasteiger partial charge in [0.25, 0.3) is 5.91 Å². The lowest BCUT2D eigenvalue weighted by Gasteiger charge is -2.38. The largest absolute Gasteiger partial charge is 0.333 e. The van der Waals surface area contributed by atoms with E-state index in [2.05, 4.69) is 23.9 Å². The summed E-state index contributed by atoms with van der Waals surface area (Å²) in [5, 5.41) is 0. The van der Waals surface area contributed by atoms with Crippen LogP contribution in [0.1, 0.15) is 31.1 Å². The summed E-state index contributed by atoms with van der Waals surface area (Å²) in [6.07, 6.45) is 3.32. The molecule has 1 aliphatic heterocycles. The second kappa shape index (κ2) is 7.11. The number of carbonyl (C=O) groups excluding carboxylic acids is 1. The Morgan fingerprint density at radius 2 is 2.11 bits per heavy atom. The Morgan fingerprint density at radius 3 is 2.67 bits per heavy atom. The highest BCUT2D eigenvalue weighted by atomic mass is 16.2. The van der Waals surface area contributed by atoms with Crippen molar-refractivity contribution in [2.75, 3.05) is 26.7 Å². The fourth-order valence-corrected chi connectivity index (χ4v) is 2.10. The molecule has 2 heterocycles. The van der Waals surface area contributed by atoms with E-state index in [1.165, 1.54) is 0 Å². The zero-order valence-electron chi connectivity index (χ0n) is 11.8. The number of pyridine rings is 1. The molecular weight excluding hydrogens is 226 g/mol. The molecule has 1 aromatic rings. The van der Waals surface area contributed by atoms with Crippen LogP contribution >= 0.6 is 0 Å². The summed E-state index contributed by atoms with van der Waals surface area (Å²) in [4.78, 5) is 20.3. The Morgan fingerprint density at radius 1 is 1.39 bits per heavy atom. The molecule has 0 spiro atoms. The van der Waals surface area contributed by atoms with Crippen molar-refractivity contribution in [3.63, 3.8) is 0 Å². The van der Waals surface area contributed by atoms with Crippen LogP contribution in [-0.2, 0) is 0 Å². The maximum atomic E-state index is 12.2. The van der Waals surface area contributed by atoms with Crippen LogP contribution in [0.2, 0.25) is 0 Å². The van der Waals surface area contributed by atoms with Crippen LogP contribution in [0.4, 0.5) is 0 Å². The summed E-state index contributed by atoms with van der Waals surface area (Å²) in [6, 6.07) is 3.89. The van der Waals surface area contributed by atoms with E-state index in [1.54, 1.807) is 18.5 Å². The van der Waals surface area contributed by atoms with Crippen LogP contribution in [0.3, 0.4) is 0 Å². The van der Waals surface area contributed by atoms with Gasteiger partial charge in [0.2, 0.25) is 0 Å². The molecule has 0 bridgehead atoms. The predicted octanol–water partition coefficient (Wildman–Crippen LogP) is 1.88. The van der Waals surface area contributed by atoms with E-state index in [0.29, 0.717) is 5.56 Å². The minimum atomic E-state index is 0.0914. The Labute approximate surface area is 110 Å². The number of amides is 1. The van der Waals surface area contributed by atoms with Crippen molar-refractivity contribution in [1.82, 2.24) is 14.8 Å². The van der Waals surface area contributed by atoms with Gasteiger partial charge in [-0.2, -0.15) is 0 Å². The Balaban J connectivity index is 0.000000771. The van der Waals surface area contributed by atoms with Gasteiger partial charge in [-0.3, -0.25) is 9.78 Å². The highest BCUT2D eigenvalue weighted by molar-refractivity contribution is 5.94. The molecule has 1 atom stereocenters. The molecule has 0 N–H and O–H groups in total. The quantitative estimate of drug-likeness (QED) is 0.762. The van der Waals surface area contributed by atoms with E-state index in [0.717, 1.165) is 19.6 Å². The van der Waals surface area contributed by atoms with Gasteiger partial charge in [-0.25, -0.2) is 0 Å². The van der Waals surface area contributed by atoms with Gasteiger partial charge < -0.3 is 9.80 Å². The molecule has 1 amide bonds. The van der Waals surface area contributed by atoms with Crippen LogP contribution in [0.15, 0.2) is 24.5 Å². The standard InChI is InChI=1S/C12H17N3O.C2H6/c1-10-9-14(2)6-7-15(10)12(16)11-4-3-5-13-8-11;1-2/h3-5,8,10H,6-7,9H2,1-2H3;1-2H3. The lowest BCUT2D eigenvalue weighted by Crippen LogP contribution is -2.52. The molecule has 0 aromatic carbocycles. The molecule has 0 aliphatic carbocycles. The molecule has 100 valence electrons. The molecule has 18 heavy (non-hydrogen) atoms. The first-order valence-corrected chi connectivity index (χ1v) is 6.58. The number of aromatic nitrogens is 1. The van der Waals surface area contributed by atoms with Crippen molar-refractivity contribution in [1.29, 1.82) is 0 Å². The summed E-state index contributed by atoms with van der Waals surface area (Å²) in [6.45, 7) is 8.76. The molecule has 1 fully saturated rings. The van der Waals surface area contributed by atoms with Crippen LogP contribution in [-0.4, -0.2) is 53.4 Å². The average molecular weight is 249 g/mol. The van der Waals surface area contributed by atoms with Gasteiger partial charge in [-0.15, -0.1) is 0 Å². The predicted molar refractivity (Wildman–Crippen MR) is 73.6 cm³/mol. The van der Waals surface area contributed by atoms with E-state index in [-0.39, 0.29) is 11.9 Å². The van der Waals surface area contributed by atoms with Crippen molar-refractivity contribution >= 4 is 5.91 Å². The van der Waals surface area contributed by atoms with Crippen molar-refractivity contribution in [3.8, 4) is 0 Å². The van der Waals surface area contributed by atoms with Gasteiger partial charge in [-0.1, -0.05) is 13.8 Å². The van der Waals surface area contributed by atoms with Gasteiger partial charge in [0.05, 0.1) is 5.56 Å². The highest BCUT2D eigenvalue weighted by Gasteiger charge is 2.26. The molecule has 0 saturated carbocycles. The maximum Gasteiger partial charge on any atom is 0.255 e. The summed E-state index contributed by atoms with van der Waals surface area (Å²) >= 11 is 0. The molecule has 2 rings (SSSR count). The minimum absolute atomic E-state index is 0.0914. The molecule has 1 aromatic heterocycles. The van der Waals surface area contributed by atoms with E-state index >= 15 is 0 Å². The number of hydrogen-bond donors (Lipinski definition) is 0. The summed E-state index contributed by atoms with van der Waals surface area (Å²) < 4.78 is 0. The number of piperazine rings is 1. The minimum Gasteiger partial charge on any atom is -0.333 e. The lowest BCUT2D eigenvalue weighted by atomic mass is 10.1. The Bertz CT molecular complexity index is 367. The number of nitrogens with zero attached hydrogens (tertiary/aromatic N) is 3. The average Bonchev–Trinajstić information content (AvgIpc) is 2.41. The molecule has 1 unspecified atom stereocenters. The Kier molecular flexibility index (Phi) is 5.78. The monoisotopic (exact) mass is 249 g/mol. The van der Waals surface area contributed by atoms with Gasteiger partial charge in [0.1, 0.15) is 0 Å². The summed E-state index contributed by atoms with van der Waals surface area (Å²) in [5.41, 5.74) is 0.680. The zero-order chi connectivity index (χ0) is 13.5. The van der Waals surface area contributed by atoms with Crippen molar-refractivity contribution in [2.24, 2.45) is 0 Å². The fourth-order valence-electron chi connectivity index (χ4n) is 2.10. The third-order valence-corrected chi connectivity index (χ3v) is 3.00. The number of rotatable bonds is 1. The molecule has 0 radical (unpaired) electrons. The van der Waals surface area contributed by atoms with Gasteiger partial charge >= 0.3 is 0 Å². The third-order valence-electron chi connectivity index (χ3n) is 3.00. The number of hydrogen-bond acceptors (Lipinski definition) is 3. The van der Waals surface area contributed by atoms with Gasteiger partial charge in [-0.05, 0) is 26.1 Å².